The summed E-state index contributed by atoms with van der Waals surface area (Å²) in [5.74, 6) is 0.390. The maximum atomic E-state index is 12.1. The lowest BCUT2D eigenvalue weighted by Crippen LogP contribution is -2.30. The Morgan fingerprint density at radius 2 is 0.903 bits per heavy atom. The maximum Gasteiger partial charge on any atom is 0.316 e. The number of aromatic hydroxyl groups is 6. The van der Waals surface area contributed by atoms with Crippen LogP contribution in [0.15, 0.2) is 97.1 Å². The summed E-state index contributed by atoms with van der Waals surface area (Å²) in [6.45, 7) is 26.4. The molecular formula is C58H74N2O12. The molecule has 72 heavy (non-hydrogen) atoms. The second-order valence-corrected chi connectivity index (χ2v) is 20.3. The van der Waals surface area contributed by atoms with E-state index in [2.05, 4.69) is 10.6 Å². The molecule has 0 saturated carbocycles. The third-order valence-electron chi connectivity index (χ3n) is 13.0. The minimum absolute atomic E-state index is 0.00399. The van der Waals surface area contributed by atoms with Gasteiger partial charge in [-0.15, -0.1) is 0 Å². The van der Waals surface area contributed by atoms with Gasteiger partial charge in [0, 0.05) is 33.0 Å². The Morgan fingerprint density at radius 3 is 1.40 bits per heavy atom. The van der Waals surface area contributed by atoms with Crippen LogP contribution in [0.5, 0.6) is 46.0 Å². The van der Waals surface area contributed by atoms with E-state index in [9.17, 15) is 44.7 Å². The Balaban J connectivity index is 0.000000255. The molecule has 0 aromatic heterocycles. The minimum Gasteiger partial charge on any atom is -0.508 e. The fourth-order valence-electron chi connectivity index (χ4n) is 5.96. The van der Waals surface area contributed by atoms with Crippen molar-refractivity contribution in [3.63, 3.8) is 0 Å². The number of fused-ring (bicyclic) bond motifs is 2. The summed E-state index contributed by atoms with van der Waals surface area (Å²) in [5.41, 5.74) is 1.15. The van der Waals surface area contributed by atoms with Crippen LogP contribution in [0.1, 0.15) is 120 Å². The minimum atomic E-state index is -0.568. The van der Waals surface area contributed by atoms with Gasteiger partial charge < -0.3 is 50.7 Å². The van der Waals surface area contributed by atoms with E-state index in [1.165, 1.54) is 30.3 Å². The van der Waals surface area contributed by atoms with Crippen molar-refractivity contribution < 1.29 is 59.3 Å². The van der Waals surface area contributed by atoms with E-state index in [-0.39, 0.29) is 69.1 Å². The SMILES string of the molecule is CCC(C)(C)C(=O)Nc1cc(C)c(O)c(C)c1.CCC(C)(C)C(=O)Nc1ccc(O)cc1.CCC(C)(C)C(=O)Oc1ccc(O)c2cc(O)ccc12.CCC(C)(C)C(=O)Oc1ccc2cc(O)c(O)cc2c1. The molecule has 0 saturated heterocycles. The molecule has 0 aliphatic carbocycles. The molecule has 6 rings (SSSR count). The third-order valence-corrected chi connectivity index (χ3v) is 13.0. The zero-order chi connectivity index (χ0) is 54.5. The Morgan fingerprint density at radius 1 is 0.444 bits per heavy atom. The third kappa shape index (κ3) is 16.0. The number of aryl methyl sites for hydroxylation is 2. The zero-order valence-corrected chi connectivity index (χ0v) is 44.2. The molecule has 0 bridgehead atoms. The second-order valence-electron chi connectivity index (χ2n) is 20.3. The number of benzene rings is 6. The highest BCUT2D eigenvalue weighted by molar-refractivity contribution is 5.97. The van der Waals surface area contributed by atoms with Gasteiger partial charge in [0.2, 0.25) is 11.8 Å². The number of rotatable bonds is 12. The van der Waals surface area contributed by atoms with Gasteiger partial charge in [-0.25, -0.2) is 0 Å². The van der Waals surface area contributed by atoms with Gasteiger partial charge in [-0.2, -0.15) is 0 Å². The monoisotopic (exact) mass is 991 g/mol. The lowest BCUT2D eigenvalue weighted by molar-refractivity contribution is -0.144. The zero-order valence-electron chi connectivity index (χ0n) is 44.2. The quantitative estimate of drug-likeness (QED) is 0.0248. The van der Waals surface area contributed by atoms with Gasteiger partial charge in [0.25, 0.3) is 0 Å². The number of ether oxygens (including phenoxy) is 2. The highest BCUT2D eigenvalue weighted by Gasteiger charge is 2.30. The average Bonchev–Trinajstić information content (AvgIpc) is 3.33. The number of anilines is 2. The molecule has 14 nitrogen and oxygen atoms in total. The lowest BCUT2D eigenvalue weighted by Gasteiger charge is -2.22. The Hall–Kier alpha value is -7.48. The van der Waals surface area contributed by atoms with Crippen LogP contribution in [0.25, 0.3) is 21.5 Å². The molecule has 0 radical (unpaired) electrons. The predicted octanol–water partition coefficient (Wildman–Crippen LogP) is 13.3. The number of hydrogen-bond donors (Lipinski definition) is 8. The average molecular weight is 991 g/mol. The molecule has 0 aliphatic heterocycles. The number of phenols is 6. The van der Waals surface area contributed by atoms with Crippen molar-refractivity contribution in [1.29, 1.82) is 0 Å². The van der Waals surface area contributed by atoms with Gasteiger partial charge >= 0.3 is 11.9 Å². The van der Waals surface area contributed by atoms with Crippen LogP contribution in [0, 0.1) is 35.5 Å². The molecule has 8 N–H and O–H groups in total. The number of carbonyl (C=O) groups excluding carboxylic acids is 4. The molecule has 0 spiro atoms. The van der Waals surface area contributed by atoms with Gasteiger partial charge in [0.1, 0.15) is 34.5 Å². The summed E-state index contributed by atoms with van der Waals surface area (Å²) in [6.07, 6.45) is 2.93. The van der Waals surface area contributed by atoms with E-state index in [4.69, 9.17) is 14.6 Å². The van der Waals surface area contributed by atoms with Gasteiger partial charge in [0.15, 0.2) is 11.5 Å². The first kappa shape index (κ1) is 58.8. The van der Waals surface area contributed by atoms with E-state index < -0.39 is 10.8 Å². The van der Waals surface area contributed by atoms with Gasteiger partial charge in [-0.3, -0.25) is 19.2 Å². The topological polar surface area (TPSA) is 232 Å². The van der Waals surface area contributed by atoms with Crippen molar-refractivity contribution in [2.75, 3.05) is 10.6 Å². The van der Waals surface area contributed by atoms with Crippen molar-refractivity contribution in [1.82, 2.24) is 0 Å². The van der Waals surface area contributed by atoms with Crippen molar-refractivity contribution in [3.05, 3.63) is 108 Å². The molecule has 388 valence electrons. The van der Waals surface area contributed by atoms with Crippen LogP contribution in [0.2, 0.25) is 0 Å². The first-order valence-electron chi connectivity index (χ1n) is 24.0. The largest absolute Gasteiger partial charge is 0.508 e. The van der Waals surface area contributed by atoms with Crippen LogP contribution >= 0.6 is 0 Å². The van der Waals surface area contributed by atoms with Crippen LogP contribution in [0.3, 0.4) is 0 Å². The highest BCUT2D eigenvalue weighted by Crippen LogP contribution is 2.37. The van der Waals surface area contributed by atoms with Crippen molar-refractivity contribution in [2.24, 2.45) is 21.7 Å². The smallest absolute Gasteiger partial charge is 0.316 e. The second kappa shape index (κ2) is 24.6. The van der Waals surface area contributed by atoms with Crippen molar-refractivity contribution >= 4 is 56.7 Å². The summed E-state index contributed by atoms with van der Waals surface area (Å²) >= 11 is 0. The lowest BCUT2D eigenvalue weighted by atomic mass is 9.89. The van der Waals surface area contributed by atoms with Gasteiger partial charge in [0.05, 0.1) is 10.8 Å². The Kier molecular flexibility index (Phi) is 20.1. The van der Waals surface area contributed by atoms with E-state index in [0.717, 1.165) is 35.0 Å². The molecule has 14 heteroatoms. The highest BCUT2D eigenvalue weighted by atomic mass is 16.5. The van der Waals surface area contributed by atoms with Crippen LogP contribution in [0.4, 0.5) is 11.4 Å². The fraction of sp³-hybridized carbons (Fsp3) is 0.379. The number of carbonyl (C=O) groups is 4. The first-order valence-corrected chi connectivity index (χ1v) is 24.0. The number of hydrogen-bond acceptors (Lipinski definition) is 12. The summed E-state index contributed by atoms with van der Waals surface area (Å²) in [6, 6.07) is 25.5. The molecule has 0 atom stereocenters. The predicted molar refractivity (Wildman–Crippen MR) is 285 cm³/mol. The number of esters is 2. The number of nitrogens with one attached hydrogen (secondary N) is 2. The number of phenolic OH excluding ortho intramolecular Hbond substituents is 6. The standard InChI is InChI=1S/2C16H18O4.C14H21NO2.C12H17NO2/c1-4-16(2,3)15(19)20-12-6-5-10-8-13(17)14(18)9-11(10)7-12;1-4-16(2,3)15(19)20-14-8-7-13(18)12-9-10(17)5-6-11(12)14;1-6-14(4,5)13(17)15-11-7-9(2)12(16)10(3)8-11;1-4-12(2,3)11(15)13-9-5-7-10(14)8-6-9/h2*5-9,17-18H,4H2,1-3H3;7-8,16H,6H2,1-5H3,(H,15,17);5-8,14H,4H2,1-3H3,(H,13,15). The van der Waals surface area contributed by atoms with Crippen LogP contribution < -0.4 is 20.1 Å². The first-order chi connectivity index (χ1) is 33.4. The normalized spacial score (nSPS) is 11.4. The molecule has 6 aromatic rings. The van der Waals surface area contributed by atoms with E-state index in [1.807, 2.05) is 96.9 Å². The van der Waals surface area contributed by atoms with Crippen molar-refractivity contribution in [3.8, 4) is 46.0 Å². The molecule has 0 fully saturated rings. The molecular weight excluding hydrogens is 917 g/mol. The summed E-state index contributed by atoms with van der Waals surface area (Å²) in [4.78, 5) is 47.9. The van der Waals surface area contributed by atoms with Crippen LogP contribution in [-0.4, -0.2) is 54.4 Å². The summed E-state index contributed by atoms with van der Waals surface area (Å²) in [7, 11) is 0. The summed E-state index contributed by atoms with van der Waals surface area (Å²) < 4.78 is 10.8. The molecule has 2 amide bonds. The van der Waals surface area contributed by atoms with E-state index >= 15 is 0 Å². The maximum absolute atomic E-state index is 12.1. The van der Waals surface area contributed by atoms with Gasteiger partial charge in [-0.1, -0.05) is 61.5 Å². The summed E-state index contributed by atoms with van der Waals surface area (Å²) in [5, 5.41) is 65.2. The van der Waals surface area contributed by atoms with Crippen molar-refractivity contribution in [2.45, 2.75) is 123 Å². The number of amides is 2. The van der Waals surface area contributed by atoms with E-state index in [0.29, 0.717) is 46.2 Å². The van der Waals surface area contributed by atoms with E-state index in [1.54, 1.807) is 66.7 Å². The van der Waals surface area contributed by atoms with Crippen LogP contribution in [-0.2, 0) is 19.2 Å². The molecule has 0 aliphatic rings. The Bertz CT molecular complexity index is 2840. The fourth-order valence-corrected chi connectivity index (χ4v) is 5.96. The Labute approximate surface area is 423 Å². The van der Waals surface area contributed by atoms with Gasteiger partial charge in [-0.05, 0) is 180 Å². The molecule has 6 aromatic carbocycles. The molecule has 0 unspecified atom stereocenters. The molecule has 0 heterocycles.